The highest BCUT2D eigenvalue weighted by Crippen LogP contribution is 2.41. The number of nitrogens with zero attached hydrogens (tertiary/aromatic N) is 1. The minimum absolute atomic E-state index is 0.212. The minimum Gasteiger partial charge on any atom is -0.461 e. The van der Waals surface area contributed by atoms with E-state index >= 15 is 0 Å². The maximum Gasteiger partial charge on any atom is 0.252 e. The second-order valence-electron chi connectivity index (χ2n) is 7.12. The first-order valence-corrected chi connectivity index (χ1v) is 12.1. The lowest BCUT2D eigenvalue weighted by Gasteiger charge is -2.19. The van der Waals surface area contributed by atoms with E-state index in [-0.39, 0.29) is 4.90 Å². The highest BCUT2D eigenvalue weighted by atomic mass is 35.5. The third-order valence-corrected chi connectivity index (χ3v) is 7.97. The standard InChI is InChI=1S/C23H20ClNO3S2/c1-15-7-11-17(12-8-15)29-23-25-22(21(28-23)19-5-3-4-6-20(19)24)30(26,27)18-13-9-16(2)10-14-18/h3-14,21-22H,1-2H3/t21-,22-/m1/s1. The van der Waals surface area contributed by atoms with E-state index in [1.807, 2.05) is 44.2 Å². The zero-order valence-electron chi connectivity index (χ0n) is 16.4. The number of ether oxygens (including phenoxy) is 1. The molecule has 4 rings (SSSR count). The highest BCUT2D eigenvalue weighted by Gasteiger charge is 2.43. The monoisotopic (exact) mass is 457 g/mol. The van der Waals surface area contributed by atoms with Crippen molar-refractivity contribution in [3.8, 4) is 0 Å². The van der Waals surface area contributed by atoms with Crippen LogP contribution in [0, 0.1) is 13.8 Å². The molecule has 3 aromatic carbocycles. The molecule has 7 heteroatoms. The molecule has 1 heterocycles. The Hall–Kier alpha value is -2.28. The second-order valence-corrected chi connectivity index (χ2v) is 10.6. The van der Waals surface area contributed by atoms with Crippen LogP contribution >= 0.6 is 23.4 Å². The summed E-state index contributed by atoms with van der Waals surface area (Å²) in [4.78, 5) is 5.62. The van der Waals surface area contributed by atoms with Crippen LogP contribution in [-0.4, -0.2) is 19.0 Å². The Morgan fingerprint density at radius 2 is 1.50 bits per heavy atom. The van der Waals surface area contributed by atoms with Gasteiger partial charge in [0.15, 0.2) is 6.10 Å². The van der Waals surface area contributed by atoms with Gasteiger partial charge >= 0.3 is 0 Å². The van der Waals surface area contributed by atoms with Crippen LogP contribution < -0.4 is 0 Å². The Morgan fingerprint density at radius 1 is 0.900 bits per heavy atom. The number of thioether (sulfide) groups is 1. The molecule has 0 radical (unpaired) electrons. The largest absolute Gasteiger partial charge is 0.461 e. The summed E-state index contributed by atoms with van der Waals surface area (Å²) in [6.07, 6.45) is -0.821. The lowest BCUT2D eigenvalue weighted by molar-refractivity contribution is 0.224. The average molecular weight is 458 g/mol. The third-order valence-electron chi connectivity index (χ3n) is 4.82. The molecule has 1 aliphatic rings. The van der Waals surface area contributed by atoms with Crippen LogP contribution in [0.15, 0.2) is 87.6 Å². The molecule has 2 atom stereocenters. The summed E-state index contributed by atoms with van der Waals surface area (Å²) in [6, 6.07) is 21.8. The molecule has 0 amide bonds. The molecule has 154 valence electrons. The Kier molecular flexibility index (Phi) is 5.91. The molecule has 0 fully saturated rings. The highest BCUT2D eigenvalue weighted by molar-refractivity contribution is 8.13. The maximum absolute atomic E-state index is 13.4. The summed E-state index contributed by atoms with van der Waals surface area (Å²) in [7, 11) is -3.79. The van der Waals surface area contributed by atoms with Gasteiger partial charge in [-0.05, 0) is 55.9 Å². The molecule has 0 aromatic heterocycles. The van der Waals surface area contributed by atoms with E-state index in [1.54, 1.807) is 42.5 Å². The van der Waals surface area contributed by atoms with E-state index in [1.165, 1.54) is 11.8 Å². The molecule has 0 unspecified atom stereocenters. The second kappa shape index (κ2) is 8.46. The molecule has 0 saturated carbocycles. The Labute approximate surface area is 185 Å². The smallest absolute Gasteiger partial charge is 0.252 e. The normalized spacial score (nSPS) is 18.7. The summed E-state index contributed by atoms with van der Waals surface area (Å²) >= 11 is 7.68. The van der Waals surface area contributed by atoms with E-state index in [9.17, 15) is 8.42 Å². The Bertz CT molecular complexity index is 1190. The summed E-state index contributed by atoms with van der Waals surface area (Å²) in [5.41, 5.74) is 2.73. The fourth-order valence-electron chi connectivity index (χ4n) is 3.15. The van der Waals surface area contributed by atoms with Crippen molar-refractivity contribution in [3.05, 3.63) is 94.5 Å². The van der Waals surface area contributed by atoms with Crippen molar-refractivity contribution in [1.82, 2.24) is 0 Å². The Balaban J connectivity index is 1.73. The van der Waals surface area contributed by atoms with Crippen LogP contribution in [0.2, 0.25) is 5.02 Å². The average Bonchev–Trinajstić information content (AvgIpc) is 3.15. The molecule has 0 bridgehead atoms. The van der Waals surface area contributed by atoms with Crippen LogP contribution in [0.25, 0.3) is 0 Å². The van der Waals surface area contributed by atoms with Gasteiger partial charge in [-0.25, -0.2) is 13.4 Å². The van der Waals surface area contributed by atoms with Crippen molar-refractivity contribution in [2.24, 2.45) is 4.99 Å². The number of aryl methyl sites for hydroxylation is 2. The first-order valence-electron chi connectivity index (χ1n) is 9.38. The van der Waals surface area contributed by atoms with Gasteiger partial charge in [0.1, 0.15) is 0 Å². The van der Waals surface area contributed by atoms with Crippen LogP contribution in [0.4, 0.5) is 0 Å². The lowest BCUT2D eigenvalue weighted by Crippen LogP contribution is -2.25. The lowest BCUT2D eigenvalue weighted by atomic mass is 10.1. The first kappa shape index (κ1) is 21.0. The zero-order chi connectivity index (χ0) is 21.3. The van der Waals surface area contributed by atoms with Crippen molar-refractivity contribution in [3.63, 3.8) is 0 Å². The van der Waals surface area contributed by atoms with Crippen LogP contribution in [0.3, 0.4) is 0 Å². The van der Waals surface area contributed by atoms with Gasteiger partial charge in [-0.15, -0.1) is 0 Å². The van der Waals surface area contributed by atoms with Crippen molar-refractivity contribution in [2.45, 2.75) is 35.1 Å². The molecule has 30 heavy (non-hydrogen) atoms. The van der Waals surface area contributed by atoms with E-state index < -0.39 is 21.3 Å². The van der Waals surface area contributed by atoms with Gasteiger partial charge < -0.3 is 4.74 Å². The predicted molar refractivity (Wildman–Crippen MR) is 122 cm³/mol. The molecular weight excluding hydrogens is 438 g/mol. The van der Waals surface area contributed by atoms with Gasteiger partial charge in [0.05, 0.1) is 4.90 Å². The summed E-state index contributed by atoms with van der Waals surface area (Å²) in [6.45, 7) is 3.92. The van der Waals surface area contributed by atoms with Gasteiger partial charge in [-0.3, -0.25) is 0 Å². The number of hydrogen-bond acceptors (Lipinski definition) is 5. The van der Waals surface area contributed by atoms with Gasteiger partial charge in [-0.1, -0.05) is 65.2 Å². The summed E-state index contributed by atoms with van der Waals surface area (Å²) in [5, 5.41) is -0.360. The number of halogens is 1. The summed E-state index contributed by atoms with van der Waals surface area (Å²) < 4.78 is 32.9. The molecular formula is C23H20ClNO3S2. The molecule has 0 aliphatic carbocycles. The zero-order valence-corrected chi connectivity index (χ0v) is 18.8. The fraction of sp³-hybridized carbons (Fsp3) is 0.174. The van der Waals surface area contributed by atoms with E-state index in [2.05, 4.69) is 4.99 Å². The van der Waals surface area contributed by atoms with E-state index in [0.29, 0.717) is 15.8 Å². The number of rotatable bonds is 4. The number of benzene rings is 3. The number of sulfone groups is 1. The van der Waals surface area contributed by atoms with Gasteiger partial charge in [-0.2, -0.15) is 0 Å². The molecule has 0 N–H and O–H groups in total. The third kappa shape index (κ3) is 4.26. The summed E-state index contributed by atoms with van der Waals surface area (Å²) in [5.74, 6) is 0. The van der Waals surface area contributed by atoms with Crippen LogP contribution in [-0.2, 0) is 14.6 Å². The molecule has 0 saturated heterocycles. The first-order chi connectivity index (χ1) is 14.3. The van der Waals surface area contributed by atoms with E-state index in [0.717, 1.165) is 16.0 Å². The number of aliphatic imine (C=N–C) groups is 1. The molecule has 1 aliphatic heterocycles. The SMILES string of the molecule is Cc1ccc(SC2=N[C@H](S(=O)(=O)c3ccc(C)cc3)[C@@H](c3ccccc3Cl)O2)cc1. The van der Waals surface area contributed by atoms with Crippen molar-refractivity contribution in [2.75, 3.05) is 0 Å². The predicted octanol–water partition coefficient (Wildman–Crippen LogP) is 5.98. The topological polar surface area (TPSA) is 55.7 Å². The van der Waals surface area contributed by atoms with Gasteiger partial charge in [0, 0.05) is 15.5 Å². The fourth-order valence-corrected chi connectivity index (χ4v) is 5.81. The van der Waals surface area contributed by atoms with Crippen molar-refractivity contribution in [1.29, 1.82) is 0 Å². The van der Waals surface area contributed by atoms with Crippen LogP contribution in [0.1, 0.15) is 22.8 Å². The molecule has 0 spiro atoms. The maximum atomic E-state index is 13.4. The minimum atomic E-state index is -3.79. The van der Waals surface area contributed by atoms with E-state index in [4.69, 9.17) is 16.3 Å². The Morgan fingerprint density at radius 3 is 2.13 bits per heavy atom. The number of hydrogen-bond donors (Lipinski definition) is 0. The quantitative estimate of drug-likeness (QED) is 0.483. The van der Waals surface area contributed by atoms with Gasteiger partial charge in [0.2, 0.25) is 15.2 Å². The molecule has 3 aromatic rings. The van der Waals surface area contributed by atoms with Crippen LogP contribution in [0.5, 0.6) is 0 Å². The van der Waals surface area contributed by atoms with Crippen molar-refractivity contribution < 1.29 is 13.2 Å². The van der Waals surface area contributed by atoms with Crippen molar-refractivity contribution >= 4 is 38.4 Å². The molecule has 4 nitrogen and oxygen atoms in total. The van der Waals surface area contributed by atoms with Gasteiger partial charge in [0.25, 0.3) is 5.23 Å².